The van der Waals surface area contributed by atoms with Crippen LogP contribution in [0, 0.1) is 17.0 Å². The van der Waals surface area contributed by atoms with Gasteiger partial charge in [-0.1, -0.05) is 91.0 Å². The van der Waals surface area contributed by atoms with Gasteiger partial charge < -0.3 is 14.1 Å². The number of aromatic nitrogens is 2. The zero-order chi connectivity index (χ0) is 32.4. The molecule has 0 aliphatic carbocycles. The van der Waals surface area contributed by atoms with Gasteiger partial charge in [-0.15, -0.1) is 0 Å². The van der Waals surface area contributed by atoms with Crippen LogP contribution in [0.2, 0.25) is 0 Å². The van der Waals surface area contributed by atoms with Gasteiger partial charge in [0, 0.05) is 53.1 Å². The first-order valence-corrected chi connectivity index (χ1v) is 14.6. The Kier molecular flexibility index (Phi) is 8.01. The molecule has 0 aliphatic rings. The molecule has 0 atom stereocenters. The van der Waals surface area contributed by atoms with Crippen LogP contribution in [-0.2, 0) is 7.05 Å². The molecule has 0 aliphatic heterocycles. The van der Waals surface area contributed by atoms with Gasteiger partial charge in [0.25, 0.3) is 5.69 Å². The van der Waals surface area contributed by atoms with Crippen molar-refractivity contribution in [3.63, 3.8) is 0 Å². The number of carbonyl (C=O) groups excluding carboxylic acids is 1. The van der Waals surface area contributed by atoms with Crippen LogP contribution in [0.1, 0.15) is 31.8 Å². The van der Waals surface area contributed by atoms with E-state index in [1.165, 1.54) is 34.3 Å². The van der Waals surface area contributed by atoms with Crippen molar-refractivity contribution in [1.82, 2.24) is 8.97 Å². The molecule has 3 heterocycles. The van der Waals surface area contributed by atoms with Crippen LogP contribution in [0.5, 0.6) is 0 Å². The largest absolute Gasteiger partial charge is 0.477 e. The summed E-state index contributed by atoms with van der Waals surface area (Å²) in [5, 5.41) is 21.6. The molecular formula is C38H29N3O5. The summed E-state index contributed by atoms with van der Waals surface area (Å²) in [4.78, 5) is 36.1. The Balaban J connectivity index is 0.000000194. The number of hydrogen-bond acceptors (Lipinski definition) is 4. The number of benzene rings is 4. The molecule has 0 fully saturated rings. The lowest BCUT2D eigenvalue weighted by molar-refractivity contribution is -0.385. The van der Waals surface area contributed by atoms with Gasteiger partial charge in [-0.2, -0.15) is 0 Å². The number of carbonyl (C=O) groups is 2. The number of nitro groups is 1. The van der Waals surface area contributed by atoms with Crippen LogP contribution in [0.4, 0.5) is 5.69 Å². The summed E-state index contributed by atoms with van der Waals surface area (Å²) in [6, 6.07) is 37.1. The molecular weight excluding hydrogens is 578 g/mol. The van der Waals surface area contributed by atoms with Crippen molar-refractivity contribution < 1.29 is 19.6 Å². The predicted octanol–water partition coefficient (Wildman–Crippen LogP) is 8.60. The number of rotatable bonds is 6. The van der Waals surface area contributed by atoms with Gasteiger partial charge in [-0.05, 0) is 47.9 Å². The molecule has 46 heavy (non-hydrogen) atoms. The van der Waals surface area contributed by atoms with E-state index in [0.717, 1.165) is 17.1 Å². The molecule has 0 unspecified atom stereocenters. The first kappa shape index (κ1) is 29.8. The highest BCUT2D eigenvalue weighted by molar-refractivity contribution is 6.23. The highest BCUT2D eigenvalue weighted by Gasteiger charge is 2.31. The van der Waals surface area contributed by atoms with Crippen molar-refractivity contribution >= 4 is 33.9 Å². The highest BCUT2D eigenvalue weighted by Crippen LogP contribution is 2.36. The monoisotopic (exact) mass is 607 g/mol. The molecule has 0 saturated heterocycles. The number of aromatic carboxylic acids is 1. The van der Waals surface area contributed by atoms with Gasteiger partial charge in [0.1, 0.15) is 5.56 Å². The number of aryl methyl sites for hydroxylation is 2. The average Bonchev–Trinajstić information content (AvgIpc) is 3.58. The van der Waals surface area contributed by atoms with Crippen LogP contribution in [0.3, 0.4) is 0 Å². The van der Waals surface area contributed by atoms with Crippen molar-refractivity contribution in [2.24, 2.45) is 7.05 Å². The van der Waals surface area contributed by atoms with E-state index in [1.54, 1.807) is 12.1 Å². The Hall–Kier alpha value is -6.28. The van der Waals surface area contributed by atoms with Gasteiger partial charge in [-0.3, -0.25) is 14.9 Å². The fourth-order valence-corrected chi connectivity index (χ4v) is 5.97. The molecule has 0 radical (unpaired) electrons. The van der Waals surface area contributed by atoms with E-state index < -0.39 is 27.9 Å². The minimum absolute atomic E-state index is 0.217. The number of ketones is 1. The summed E-state index contributed by atoms with van der Waals surface area (Å²) in [5.74, 6) is -2.10. The maximum atomic E-state index is 13.7. The number of fused-ring (bicyclic) bond motifs is 2. The van der Waals surface area contributed by atoms with E-state index in [0.29, 0.717) is 16.6 Å². The summed E-state index contributed by atoms with van der Waals surface area (Å²) in [6.07, 6.45) is 4.29. The number of carboxylic acids is 1. The van der Waals surface area contributed by atoms with Crippen molar-refractivity contribution in [3.8, 4) is 22.4 Å². The van der Waals surface area contributed by atoms with Crippen molar-refractivity contribution in [2.75, 3.05) is 0 Å². The van der Waals surface area contributed by atoms with Crippen molar-refractivity contribution in [1.29, 1.82) is 0 Å². The van der Waals surface area contributed by atoms with Gasteiger partial charge in [0.05, 0.1) is 16.2 Å². The smallest absolute Gasteiger partial charge is 0.343 e. The summed E-state index contributed by atoms with van der Waals surface area (Å²) >= 11 is 0. The molecule has 0 bridgehead atoms. The molecule has 226 valence electrons. The van der Waals surface area contributed by atoms with E-state index in [9.17, 15) is 24.8 Å². The second kappa shape index (κ2) is 12.4. The molecule has 0 spiro atoms. The molecule has 8 heteroatoms. The third-order valence-corrected chi connectivity index (χ3v) is 8.11. The summed E-state index contributed by atoms with van der Waals surface area (Å²) < 4.78 is 4.05. The maximum absolute atomic E-state index is 13.7. The van der Waals surface area contributed by atoms with Crippen molar-refractivity contribution in [3.05, 3.63) is 166 Å². The standard InChI is InChI=1S/C23H16N2O5.C15H13N/c1-24-17-12-6-5-10-15(17)20(21(24)14-8-3-2-4-9-14)22(26)16-11-7-13-18(25(29)30)19(16)23(27)28;1-12-14(13-7-3-2-4-8-13)11-16-10-6-5-9-15(12)16/h2-13H,1H3,(H,27,28);2-11H,1H3. The van der Waals surface area contributed by atoms with Crippen LogP contribution in [0.15, 0.2) is 134 Å². The fraction of sp³-hybridized carbons (Fsp3) is 0.0526. The zero-order valence-electron chi connectivity index (χ0n) is 25.1. The number of pyridine rings is 1. The lowest BCUT2D eigenvalue weighted by atomic mass is 9.93. The topological polar surface area (TPSA) is 107 Å². The Morgan fingerprint density at radius 3 is 1.98 bits per heavy atom. The maximum Gasteiger partial charge on any atom is 0.343 e. The number of para-hydroxylation sites is 1. The SMILES string of the molecule is Cc1c(-c2ccccc2)cn2ccccc12.Cn1c(-c2ccccc2)c(C(=O)c2cccc([N+](=O)[O-])c2C(=O)O)c2ccccc21. The molecule has 0 saturated carbocycles. The van der Waals surface area contributed by atoms with Gasteiger partial charge in [0.2, 0.25) is 0 Å². The van der Waals surface area contributed by atoms with E-state index >= 15 is 0 Å². The van der Waals surface area contributed by atoms with Gasteiger partial charge in [-0.25, -0.2) is 4.79 Å². The second-order valence-electron chi connectivity index (χ2n) is 10.8. The molecule has 1 N–H and O–H groups in total. The molecule has 4 aromatic carbocycles. The summed E-state index contributed by atoms with van der Waals surface area (Å²) in [7, 11) is 1.83. The summed E-state index contributed by atoms with van der Waals surface area (Å²) in [5.41, 5.74) is 6.26. The molecule has 7 aromatic rings. The lowest BCUT2D eigenvalue weighted by Crippen LogP contribution is -2.13. The first-order valence-electron chi connectivity index (χ1n) is 14.6. The minimum Gasteiger partial charge on any atom is -0.477 e. The quantitative estimate of drug-likeness (QED) is 0.116. The fourth-order valence-electron chi connectivity index (χ4n) is 5.97. The Morgan fingerprint density at radius 2 is 1.33 bits per heavy atom. The first-order chi connectivity index (χ1) is 22.3. The van der Waals surface area contributed by atoms with E-state index in [-0.39, 0.29) is 5.56 Å². The normalized spacial score (nSPS) is 10.8. The Labute approximate surface area is 264 Å². The number of carboxylic acid groups (broad SMARTS) is 1. The lowest BCUT2D eigenvalue weighted by Gasteiger charge is -2.10. The zero-order valence-corrected chi connectivity index (χ0v) is 25.1. The predicted molar refractivity (Wildman–Crippen MR) is 179 cm³/mol. The van der Waals surface area contributed by atoms with Crippen molar-refractivity contribution in [2.45, 2.75) is 6.92 Å². The summed E-state index contributed by atoms with van der Waals surface area (Å²) in [6.45, 7) is 2.18. The van der Waals surface area contributed by atoms with E-state index in [1.807, 2.05) is 54.1 Å². The van der Waals surface area contributed by atoms with Gasteiger partial charge >= 0.3 is 5.97 Å². The molecule has 7 rings (SSSR count). The molecule has 0 amide bonds. The second-order valence-corrected chi connectivity index (χ2v) is 10.8. The van der Waals surface area contributed by atoms with E-state index in [2.05, 4.69) is 72.2 Å². The third-order valence-electron chi connectivity index (χ3n) is 8.11. The van der Waals surface area contributed by atoms with Crippen LogP contribution < -0.4 is 0 Å². The highest BCUT2D eigenvalue weighted by atomic mass is 16.6. The molecule has 3 aromatic heterocycles. The minimum atomic E-state index is -1.52. The number of hydrogen-bond donors (Lipinski definition) is 1. The Morgan fingerprint density at radius 1 is 0.717 bits per heavy atom. The van der Waals surface area contributed by atoms with Gasteiger partial charge in [0.15, 0.2) is 5.78 Å². The molecule has 8 nitrogen and oxygen atoms in total. The van der Waals surface area contributed by atoms with Crippen LogP contribution in [-0.4, -0.2) is 30.8 Å². The average molecular weight is 608 g/mol. The van der Waals surface area contributed by atoms with E-state index in [4.69, 9.17) is 0 Å². The number of nitro benzene ring substituents is 1. The van der Waals surface area contributed by atoms with Crippen LogP contribution in [0.25, 0.3) is 38.8 Å². The number of nitrogens with zero attached hydrogens (tertiary/aromatic N) is 3. The Bertz CT molecular complexity index is 2250. The van der Waals surface area contributed by atoms with Crippen LogP contribution >= 0.6 is 0 Å². The third kappa shape index (κ3) is 5.33.